The van der Waals surface area contributed by atoms with Crippen molar-refractivity contribution in [3.8, 4) is 0 Å². The predicted molar refractivity (Wildman–Crippen MR) is 92.9 cm³/mol. The number of ether oxygens (including phenoxy) is 1. The molecule has 0 aliphatic carbocycles. The smallest absolute Gasteiger partial charge is 0.0753 e. The molecule has 0 saturated carbocycles. The number of morpholine rings is 1. The van der Waals surface area contributed by atoms with Crippen LogP contribution in [0.4, 0.5) is 0 Å². The second-order valence-electron chi connectivity index (χ2n) is 7.43. The molecule has 0 amide bonds. The molecule has 1 aliphatic heterocycles. The summed E-state index contributed by atoms with van der Waals surface area (Å²) in [5.74, 6) is 0. The zero-order valence-corrected chi connectivity index (χ0v) is 15.1. The van der Waals surface area contributed by atoms with Crippen LogP contribution in [0.3, 0.4) is 0 Å². The molecule has 0 aromatic heterocycles. The molecule has 1 heterocycles. The van der Waals surface area contributed by atoms with Crippen molar-refractivity contribution in [2.45, 2.75) is 104 Å². The maximum Gasteiger partial charge on any atom is 0.0753 e. The van der Waals surface area contributed by atoms with Gasteiger partial charge in [0.25, 0.3) is 0 Å². The zero-order valence-electron chi connectivity index (χ0n) is 15.1. The van der Waals surface area contributed by atoms with Crippen molar-refractivity contribution in [3.63, 3.8) is 0 Å². The van der Waals surface area contributed by atoms with E-state index in [-0.39, 0.29) is 5.60 Å². The normalized spacial score (nSPS) is 20.6. The molecule has 0 aromatic rings. The van der Waals surface area contributed by atoms with Crippen LogP contribution in [-0.4, -0.2) is 36.2 Å². The van der Waals surface area contributed by atoms with Gasteiger partial charge in [0.05, 0.1) is 12.2 Å². The maximum absolute atomic E-state index is 5.89. The van der Waals surface area contributed by atoms with Crippen molar-refractivity contribution in [2.75, 3.05) is 19.7 Å². The van der Waals surface area contributed by atoms with Crippen LogP contribution in [0.5, 0.6) is 0 Å². The summed E-state index contributed by atoms with van der Waals surface area (Å²) in [6.07, 6.45) is 13.9. The first-order valence-electron chi connectivity index (χ1n) is 9.47. The van der Waals surface area contributed by atoms with E-state index in [1.165, 1.54) is 64.2 Å². The highest BCUT2D eigenvalue weighted by Gasteiger charge is 2.30. The Morgan fingerprint density at radius 2 is 1.48 bits per heavy atom. The van der Waals surface area contributed by atoms with Gasteiger partial charge < -0.3 is 4.74 Å². The fourth-order valence-corrected chi connectivity index (χ4v) is 3.49. The number of rotatable bonds is 11. The summed E-state index contributed by atoms with van der Waals surface area (Å²) in [6.45, 7) is 12.2. The average Bonchev–Trinajstić information content (AvgIpc) is 2.44. The van der Waals surface area contributed by atoms with Gasteiger partial charge in [-0.3, -0.25) is 4.90 Å². The molecule has 126 valence electrons. The molecule has 0 aromatic carbocycles. The van der Waals surface area contributed by atoms with Gasteiger partial charge in [0, 0.05) is 19.1 Å². The van der Waals surface area contributed by atoms with E-state index in [0.717, 1.165) is 25.7 Å². The van der Waals surface area contributed by atoms with Crippen molar-refractivity contribution in [3.05, 3.63) is 0 Å². The van der Waals surface area contributed by atoms with Gasteiger partial charge in [-0.25, -0.2) is 0 Å². The standard InChI is InChI=1S/C19H39NO/c1-5-7-9-10-12-14-18(13-11-8-6-2)20-15-16-21-19(3,4)17-20/h18H,5-17H2,1-4H3. The van der Waals surface area contributed by atoms with E-state index in [0.29, 0.717) is 0 Å². The van der Waals surface area contributed by atoms with Crippen LogP contribution in [0.2, 0.25) is 0 Å². The van der Waals surface area contributed by atoms with Crippen LogP contribution >= 0.6 is 0 Å². The summed E-state index contributed by atoms with van der Waals surface area (Å²) >= 11 is 0. The van der Waals surface area contributed by atoms with Gasteiger partial charge in [-0.2, -0.15) is 0 Å². The fourth-order valence-electron chi connectivity index (χ4n) is 3.49. The zero-order chi connectivity index (χ0) is 15.6. The molecule has 0 radical (unpaired) electrons. The molecule has 1 aliphatic rings. The van der Waals surface area contributed by atoms with Gasteiger partial charge >= 0.3 is 0 Å². The van der Waals surface area contributed by atoms with Crippen molar-refractivity contribution in [1.29, 1.82) is 0 Å². The van der Waals surface area contributed by atoms with Crippen LogP contribution in [0, 0.1) is 0 Å². The molecule has 0 bridgehead atoms. The lowest BCUT2D eigenvalue weighted by Crippen LogP contribution is -2.52. The lowest BCUT2D eigenvalue weighted by Gasteiger charge is -2.42. The number of nitrogens with zero attached hydrogens (tertiary/aromatic N) is 1. The van der Waals surface area contributed by atoms with Crippen molar-refractivity contribution in [2.24, 2.45) is 0 Å². The fraction of sp³-hybridized carbons (Fsp3) is 1.00. The first-order chi connectivity index (χ1) is 10.1. The summed E-state index contributed by atoms with van der Waals surface area (Å²) in [6, 6.07) is 0.793. The quantitative estimate of drug-likeness (QED) is 0.473. The van der Waals surface area contributed by atoms with Gasteiger partial charge in [0.1, 0.15) is 0 Å². The Morgan fingerprint density at radius 3 is 2.10 bits per heavy atom. The Kier molecular flexibility index (Phi) is 9.59. The SMILES string of the molecule is CCCCCCCC(CCCCC)N1CCOC(C)(C)C1. The van der Waals surface area contributed by atoms with E-state index >= 15 is 0 Å². The number of hydrogen-bond donors (Lipinski definition) is 0. The Balaban J connectivity index is 2.39. The lowest BCUT2D eigenvalue weighted by atomic mass is 9.97. The number of hydrogen-bond acceptors (Lipinski definition) is 2. The second-order valence-corrected chi connectivity index (χ2v) is 7.43. The van der Waals surface area contributed by atoms with Gasteiger partial charge in [-0.1, -0.05) is 65.2 Å². The van der Waals surface area contributed by atoms with E-state index in [4.69, 9.17) is 4.74 Å². The Hall–Kier alpha value is -0.0800. The molecular formula is C19H39NO. The van der Waals surface area contributed by atoms with Crippen molar-refractivity contribution < 1.29 is 4.74 Å². The molecule has 1 fully saturated rings. The minimum absolute atomic E-state index is 0.0451. The second kappa shape index (κ2) is 10.6. The highest BCUT2D eigenvalue weighted by atomic mass is 16.5. The first-order valence-corrected chi connectivity index (χ1v) is 9.47. The minimum atomic E-state index is 0.0451. The molecule has 2 heteroatoms. The summed E-state index contributed by atoms with van der Waals surface area (Å²) < 4.78 is 5.89. The van der Waals surface area contributed by atoms with E-state index in [1.807, 2.05) is 0 Å². The summed E-state index contributed by atoms with van der Waals surface area (Å²) in [5.41, 5.74) is 0.0451. The Bertz CT molecular complexity index is 252. The van der Waals surface area contributed by atoms with Crippen LogP contribution in [-0.2, 0) is 4.74 Å². The summed E-state index contributed by atoms with van der Waals surface area (Å²) in [4.78, 5) is 2.72. The Labute approximate surface area is 133 Å². The van der Waals surface area contributed by atoms with Crippen molar-refractivity contribution >= 4 is 0 Å². The molecule has 1 atom stereocenters. The summed E-state index contributed by atoms with van der Waals surface area (Å²) in [7, 11) is 0. The monoisotopic (exact) mass is 297 g/mol. The highest BCUT2D eigenvalue weighted by Crippen LogP contribution is 2.24. The predicted octanol–water partition coefficient (Wildman–Crippen LogP) is 5.41. The largest absolute Gasteiger partial charge is 0.373 e. The van der Waals surface area contributed by atoms with Crippen LogP contribution < -0.4 is 0 Å². The van der Waals surface area contributed by atoms with Gasteiger partial charge in [-0.05, 0) is 26.7 Å². The number of unbranched alkanes of at least 4 members (excludes halogenated alkanes) is 6. The molecule has 1 unspecified atom stereocenters. The Morgan fingerprint density at radius 1 is 0.905 bits per heavy atom. The summed E-state index contributed by atoms with van der Waals surface area (Å²) in [5, 5.41) is 0. The molecule has 1 saturated heterocycles. The average molecular weight is 298 g/mol. The third-order valence-corrected chi connectivity index (χ3v) is 4.75. The highest BCUT2D eigenvalue weighted by molar-refractivity contribution is 4.83. The third kappa shape index (κ3) is 8.21. The van der Waals surface area contributed by atoms with Crippen LogP contribution in [0.15, 0.2) is 0 Å². The van der Waals surface area contributed by atoms with Gasteiger partial charge in [0.2, 0.25) is 0 Å². The van der Waals surface area contributed by atoms with E-state index in [2.05, 4.69) is 32.6 Å². The third-order valence-electron chi connectivity index (χ3n) is 4.75. The van der Waals surface area contributed by atoms with E-state index in [9.17, 15) is 0 Å². The van der Waals surface area contributed by atoms with Crippen LogP contribution in [0.25, 0.3) is 0 Å². The minimum Gasteiger partial charge on any atom is -0.373 e. The maximum atomic E-state index is 5.89. The molecule has 0 N–H and O–H groups in total. The molecule has 0 spiro atoms. The molecular weight excluding hydrogens is 258 g/mol. The lowest BCUT2D eigenvalue weighted by molar-refractivity contribution is -0.0989. The topological polar surface area (TPSA) is 12.5 Å². The van der Waals surface area contributed by atoms with Crippen LogP contribution in [0.1, 0.15) is 91.9 Å². The molecule has 1 rings (SSSR count). The first kappa shape index (κ1) is 19.0. The molecule has 21 heavy (non-hydrogen) atoms. The van der Waals surface area contributed by atoms with Crippen molar-refractivity contribution in [1.82, 2.24) is 4.90 Å². The molecule has 2 nitrogen and oxygen atoms in total. The van der Waals surface area contributed by atoms with E-state index < -0.39 is 0 Å². The van der Waals surface area contributed by atoms with Gasteiger partial charge in [0.15, 0.2) is 0 Å². The van der Waals surface area contributed by atoms with E-state index in [1.54, 1.807) is 0 Å². The van der Waals surface area contributed by atoms with Gasteiger partial charge in [-0.15, -0.1) is 0 Å².